The van der Waals surface area contributed by atoms with Crippen LogP contribution in [0.5, 0.6) is 0 Å². The van der Waals surface area contributed by atoms with E-state index in [1.807, 2.05) is 0 Å². The molecule has 8 nitrogen and oxygen atoms in total. The van der Waals surface area contributed by atoms with Gasteiger partial charge in [0.05, 0.1) is 11.2 Å². The average Bonchev–Trinajstić information content (AvgIpc) is 2.89. The van der Waals surface area contributed by atoms with Crippen molar-refractivity contribution in [1.29, 1.82) is 0 Å². The number of anilines is 1. The molecule has 0 aliphatic carbocycles. The molecule has 9 heteroatoms. The zero-order valence-electron chi connectivity index (χ0n) is 10.2. The number of aromatic carboxylic acids is 1. The maximum absolute atomic E-state index is 11.5. The molecule has 2 heterocycles. The van der Waals surface area contributed by atoms with Gasteiger partial charge in [0.15, 0.2) is 11.5 Å². The summed E-state index contributed by atoms with van der Waals surface area (Å²) in [5.74, 6) is -0.701. The van der Waals surface area contributed by atoms with Crippen LogP contribution < -0.4 is 10.6 Å². The molecule has 104 valence electrons. The third kappa shape index (κ3) is 3.99. The predicted octanol–water partition coefficient (Wildman–Crippen LogP) is 0.995. The van der Waals surface area contributed by atoms with Crippen molar-refractivity contribution >= 4 is 29.2 Å². The quantitative estimate of drug-likeness (QED) is 0.757. The standard InChI is InChI=1S/C11H11N5O3S/c17-10(18)7-6-20-9(15-7)1-2-14-11(19)16-8-5-12-3-4-13-8/h3-6H,1-2H2,(H,17,18)(H2,13,14,16,19). The molecule has 2 amide bonds. The van der Waals surface area contributed by atoms with Crippen molar-refractivity contribution in [3.05, 3.63) is 34.7 Å². The third-order valence-electron chi connectivity index (χ3n) is 2.20. The molecule has 0 aromatic carbocycles. The van der Waals surface area contributed by atoms with Crippen molar-refractivity contribution in [3.63, 3.8) is 0 Å². The van der Waals surface area contributed by atoms with E-state index in [1.165, 1.54) is 35.3 Å². The van der Waals surface area contributed by atoms with E-state index in [2.05, 4.69) is 25.6 Å². The van der Waals surface area contributed by atoms with Gasteiger partial charge in [-0.05, 0) is 0 Å². The normalized spacial score (nSPS) is 10.0. The van der Waals surface area contributed by atoms with Gasteiger partial charge in [0.2, 0.25) is 0 Å². The molecular weight excluding hydrogens is 282 g/mol. The minimum atomic E-state index is -1.05. The van der Waals surface area contributed by atoms with Crippen molar-refractivity contribution in [1.82, 2.24) is 20.3 Å². The summed E-state index contributed by atoms with van der Waals surface area (Å²) in [5, 5.41) is 16.0. The summed E-state index contributed by atoms with van der Waals surface area (Å²) in [6.07, 6.45) is 4.87. The van der Waals surface area contributed by atoms with Gasteiger partial charge in [-0.15, -0.1) is 11.3 Å². The highest BCUT2D eigenvalue weighted by Crippen LogP contribution is 2.09. The molecule has 0 unspecified atom stereocenters. The number of carboxylic acid groups (broad SMARTS) is 1. The fraction of sp³-hybridized carbons (Fsp3) is 0.182. The van der Waals surface area contributed by atoms with E-state index >= 15 is 0 Å². The Labute approximate surface area is 117 Å². The summed E-state index contributed by atoms with van der Waals surface area (Å²) in [6.45, 7) is 0.346. The van der Waals surface area contributed by atoms with Crippen LogP contribution in [0.4, 0.5) is 10.6 Å². The average molecular weight is 293 g/mol. The van der Waals surface area contributed by atoms with Crippen LogP contribution in [0.25, 0.3) is 0 Å². The highest BCUT2D eigenvalue weighted by Gasteiger charge is 2.08. The number of hydrogen-bond acceptors (Lipinski definition) is 6. The summed E-state index contributed by atoms with van der Waals surface area (Å²) in [5.41, 5.74) is 0.0222. The van der Waals surface area contributed by atoms with Crippen molar-refractivity contribution in [2.45, 2.75) is 6.42 Å². The molecule has 0 aliphatic heterocycles. The molecule has 2 aromatic heterocycles. The lowest BCUT2D eigenvalue weighted by Gasteiger charge is -2.05. The van der Waals surface area contributed by atoms with Crippen LogP contribution in [0, 0.1) is 0 Å². The lowest BCUT2D eigenvalue weighted by Crippen LogP contribution is -2.30. The van der Waals surface area contributed by atoms with Gasteiger partial charge in [-0.1, -0.05) is 0 Å². The number of urea groups is 1. The maximum atomic E-state index is 11.5. The van der Waals surface area contributed by atoms with Gasteiger partial charge >= 0.3 is 12.0 Å². The number of carbonyl (C=O) groups is 2. The molecule has 0 spiro atoms. The van der Waals surface area contributed by atoms with Crippen LogP contribution in [0.15, 0.2) is 24.0 Å². The molecule has 0 aliphatic rings. The Kier molecular flexibility index (Phi) is 4.56. The van der Waals surface area contributed by atoms with Gasteiger partial charge in [0.1, 0.15) is 0 Å². The molecule has 2 rings (SSSR count). The van der Waals surface area contributed by atoms with Crippen LogP contribution in [-0.2, 0) is 6.42 Å². The van der Waals surface area contributed by atoms with Gasteiger partial charge in [0.25, 0.3) is 0 Å². The molecule has 0 bridgehead atoms. The number of thiazole rings is 1. The van der Waals surface area contributed by atoms with Crippen LogP contribution >= 0.6 is 11.3 Å². The van der Waals surface area contributed by atoms with Crippen molar-refractivity contribution in [3.8, 4) is 0 Å². The first kappa shape index (κ1) is 13.9. The van der Waals surface area contributed by atoms with E-state index in [1.54, 1.807) is 0 Å². The van der Waals surface area contributed by atoms with E-state index in [4.69, 9.17) is 5.11 Å². The molecule has 3 N–H and O–H groups in total. The lowest BCUT2D eigenvalue weighted by molar-refractivity contribution is 0.0691. The molecule has 0 atom stereocenters. The highest BCUT2D eigenvalue weighted by molar-refractivity contribution is 7.09. The Balaban J connectivity index is 1.75. The minimum absolute atomic E-state index is 0.0222. The van der Waals surface area contributed by atoms with Crippen LogP contribution in [0.2, 0.25) is 0 Å². The Morgan fingerprint density at radius 2 is 2.20 bits per heavy atom. The van der Waals surface area contributed by atoms with E-state index in [0.29, 0.717) is 23.8 Å². The fourth-order valence-corrected chi connectivity index (χ4v) is 2.10. The highest BCUT2D eigenvalue weighted by atomic mass is 32.1. The number of carboxylic acids is 1. The second kappa shape index (κ2) is 6.57. The lowest BCUT2D eigenvalue weighted by atomic mass is 10.4. The molecular formula is C11H11N5O3S. The van der Waals surface area contributed by atoms with Crippen LogP contribution in [0.1, 0.15) is 15.5 Å². The zero-order chi connectivity index (χ0) is 14.4. The van der Waals surface area contributed by atoms with Crippen LogP contribution in [0.3, 0.4) is 0 Å². The van der Waals surface area contributed by atoms with E-state index in [-0.39, 0.29) is 5.69 Å². The second-order valence-electron chi connectivity index (χ2n) is 3.65. The van der Waals surface area contributed by atoms with E-state index in [0.717, 1.165) is 0 Å². The Morgan fingerprint density at radius 3 is 2.85 bits per heavy atom. The summed E-state index contributed by atoms with van der Waals surface area (Å²) in [6, 6.07) is -0.402. The third-order valence-corrected chi connectivity index (χ3v) is 3.11. The van der Waals surface area contributed by atoms with Crippen molar-refractivity contribution in [2.75, 3.05) is 11.9 Å². The van der Waals surface area contributed by atoms with Gasteiger partial charge < -0.3 is 10.4 Å². The SMILES string of the molecule is O=C(NCCc1nc(C(=O)O)cs1)Nc1cnccn1. The van der Waals surface area contributed by atoms with E-state index in [9.17, 15) is 9.59 Å². The molecule has 20 heavy (non-hydrogen) atoms. The van der Waals surface area contributed by atoms with Gasteiger partial charge in [0, 0.05) is 30.7 Å². The first-order valence-corrected chi connectivity index (χ1v) is 6.51. The Hall–Kier alpha value is -2.55. The topological polar surface area (TPSA) is 117 Å². The first-order valence-electron chi connectivity index (χ1n) is 5.63. The number of carbonyl (C=O) groups excluding carboxylic acids is 1. The van der Waals surface area contributed by atoms with Gasteiger partial charge in [-0.3, -0.25) is 10.3 Å². The number of aromatic nitrogens is 3. The summed E-state index contributed by atoms with van der Waals surface area (Å²) < 4.78 is 0. The number of hydrogen-bond donors (Lipinski definition) is 3. The van der Waals surface area contributed by atoms with Crippen LogP contribution in [-0.4, -0.2) is 38.6 Å². The van der Waals surface area contributed by atoms with Crippen molar-refractivity contribution in [2.24, 2.45) is 0 Å². The zero-order valence-corrected chi connectivity index (χ0v) is 11.1. The number of amides is 2. The molecule has 0 fully saturated rings. The number of nitrogens with zero attached hydrogens (tertiary/aromatic N) is 3. The number of rotatable bonds is 5. The molecule has 0 saturated carbocycles. The van der Waals surface area contributed by atoms with Crippen molar-refractivity contribution < 1.29 is 14.7 Å². The summed E-state index contributed by atoms with van der Waals surface area (Å²) in [7, 11) is 0. The Bertz CT molecular complexity index is 601. The largest absolute Gasteiger partial charge is 0.476 e. The number of nitrogens with one attached hydrogen (secondary N) is 2. The minimum Gasteiger partial charge on any atom is -0.476 e. The predicted molar refractivity (Wildman–Crippen MR) is 71.8 cm³/mol. The maximum Gasteiger partial charge on any atom is 0.355 e. The summed E-state index contributed by atoms with van der Waals surface area (Å²) in [4.78, 5) is 33.8. The first-order chi connectivity index (χ1) is 9.65. The monoisotopic (exact) mass is 293 g/mol. The smallest absolute Gasteiger partial charge is 0.355 e. The molecule has 0 radical (unpaired) electrons. The molecule has 2 aromatic rings. The van der Waals surface area contributed by atoms with E-state index < -0.39 is 12.0 Å². The fourth-order valence-electron chi connectivity index (χ4n) is 1.33. The Morgan fingerprint density at radius 1 is 1.35 bits per heavy atom. The van der Waals surface area contributed by atoms with Gasteiger partial charge in [-0.25, -0.2) is 19.6 Å². The summed E-state index contributed by atoms with van der Waals surface area (Å²) >= 11 is 1.25. The second-order valence-corrected chi connectivity index (χ2v) is 4.60. The molecule has 0 saturated heterocycles. The van der Waals surface area contributed by atoms with Gasteiger partial charge in [-0.2, -0.15) is 0 Å².